The van der Waals surface area contributed by atoms with Gasteiger partial charge in [0.2, 0.25) is 0 Å². The summed E-state index contributed by atoms with van der Waals surface area (Å²) in [5.74, 6) is 0.320. The molecule has 1 aliphatic heterocycles. The standard InChI is InChI=1S/C22H20N2O/c25-21-14-8-7-13-18(21)20-15-19(16-9-3-1-4-10-16)23-22(24-20)17-11-5-2-6-12-17/h1-14,20,22,24-25H,15H2/t20-,22+/m1/s1. The van der Waals surface area contributed by atoms with E-state index in [2.05, 4.69) is 29.6 Å². The van der Waals surface area contributed by atoms with Crippen LogP contribution < -0.4 is 5.32 Å². The van der Waals surface area contributed by atoms with E-state index in [1.54, 1.807) is 6.07 Å². The van der Waals surface area contributed by atoms with Crippen molar-refractivity contribution in [1.82, 2.24) is 5.32 Å². The van der Waals surface area contributed by atoms with Crippen LogP contribution in [0.15, 0.2) is 89.9 Å². The Bertz CT molecular complexity index is 875. The van der Waals surface area contributed by atoms with Gasteiger partial charge in [0.25, 0.3) is 0 Å². The molecule has 0 aromatic heterocycles. The normalized spacial score (nSPS) is 20.1. The largest absolute Gasteiger partial charge is 0.508 e. The molecule has 4 rings (SSSR count). The first kappa shape index (κ1) is 15.6. The lowest BCUT2D eigenvalue weighted by Gasteiger charge is -2.31. The van der Waals surface area contributed by atoms with Crippen molar-refractivity contribution in [1.29, 1.82) is 0 Å². The van der Waals surface area contributed by atoms with Gasteiger partial charge in [0.15, 0.2) is 0 Å². The lowest BCUT2D eigenvalue weighted by molar-refractivity contribution is 0.413. The highest BCUT2D eigenvalue weighted by atomic mass is 16.3. The van der Waals surface area contributed by atoms with Crippen LogP contribution in [0.2, 0.25) is 0 Å². The maximum absolute atomic E-state index is 10.3. The van der Waals surface area contributed by atoms with Gasteiger partial charge in [-0.3, -0.25) is 10.3 Å². The van der Waals surface area contributed by atoms with Crippen molar-refractivity contribution in [2.75, 3.05) is 0 Å². The van der Waals surface area contributed by atoms with Gasteiger partial charge >= 0.3 is 0 Å². The van der Waals surface area contributed by atoms with Crippen LogP contribution in [0.25, 0.3) is 0 Å². The van der Waals surface area contributed by atoms with Gasteiger partial charge in [-0.2, -0.15) is 0 Å². The number of rotatable bonds is 3. The maximum Gasteiger partial charge on any atom is 0.126 e. The molecule has 0 aliphatic carbocycles. The molecule has 3 aromatic carbocycles. The Morgan fingerprint density at radius 3 is 2.16 bits per heavy atom. The molecule has 0 bridgehead atoms. The van der Waals surface area contributed by atoms with E-state index in [1.807, 2.05) is 54.6 Å². The second-order valence-electron chi connectivity index (χ2n) is 6.24. The van der Waals surface area contributed by atoms with Crippen molar-refractivity contribution in [3.63, 3.8) is 0 Å². The summed E-state index contributed by atoms with van der Waals surface area (Å²) >= 11 is 0. The third-order valence-corrected chi connectivity index (χ3v) is 4.58. The number of benzene rings is 3. The fourth-order valence-electron chi connectivity index (χ4n) is 3.30. The minimum atomic E-state index is -0.130. The number of hydrogen-bond donors (Lipinski definition) is 2. The molecule has 124 valence electrons. The molecular formula is C22H20N2O. The monoisotopic (exact) mass is 328 g/mol. The highest BCUT2D eigenvalue weighted by Crippen LogP contribution is 2.34. The summed E-state index contributed by atoms with van der Waals surface area (Å²) in [5.41, 5.74) is 4.22. The van der Waals surface area contributed by atoms with E-state index in [0.717, 1.165) is 28.8 Å². The maximum atomic E-state index is 10.3. The molecule has 2 N–H and O–H groups in total. The Balaban J connectivity index is 1.75. The second kappa shape index (κ2) is 6.91. The minimum Gasteiger partial charge on any atom is -0.508 e. The number of phenols is 1. The van der Waals surface area contributed by atoms with Gasteiger partial charge in [-0.15, -0.1) is 0 Å². The number of aromatic hydroxyl groups is 1. The van der Waals surface area contributed by atoms with Crippen LogP contribution in [0.4, 0.5) is 0 Å². The van der Waals surface area contributed by atoms with Gasteiger partial charge < -0.3 is 5.11 Å². The van der Waals surface area contributed by atoms with E-state index in [9.17, 15) is 5.11 Å². The van der Waals surface area contributed by atoms with E-state index < -0.39 is 0 Å². The lowest BCUT2D eigenvalue weighted by atomic mass is 9.93. The summed E-state index contributed by atoms with van der Waals surface area (Å²) < 4.78 is 0. The number of phenolic OH excluding ortho intramolecular Hbond substituents is 1. The van der Waals surface area contributed by atoms with Crippen LogP contribution in [0, 0.1) is 0 Å². The number of aliphatic imine (C=N–C) groups is 1. The third-order valence-electron chi connectivity index (χ3n) is 4.58. The SMILES string of the molecule is Oc1ccccc1[C@H]1CC(c2ccccc2)=N[C@H](c2ccccc2)N1. The molecule has 0 saturated heterocycles. The van der Waals surface area contributed by atoms with Gasteiger partial charge in [-0.1, -0.05) is 78.9 Å². The molecule has 3 nitrogen and oxygen atoms in total. The molecule has 3 aromatic rings. The lowest BCUT2D eigenvalue weighted by Crippen LogP contribution is -2.33. The first-order valence-corrected chi connectivity index (χ1v) is 8.52. The summed E-state index contributed by atoms with van der Waals surface area (Å²) in [6, 6.07) is 28.0. The van der Waals surface area contributed by atoms with Crippen molar-refractivity contribution < 1.29 is 5.11 Å². The summed E-state index contributed by atoms with van der Waals surface area (Å²) in [4.78, 5) is 4.95. The zero-order valence-electron chi connectivity index (χ0n) is 13.8. The number of nitrogens with one attached hydrogen (secondary N) is 1. The van der Waals surface area contributed by atoms with Gasteiger partial charge in [-0.05, 0) is 17.2 Å². The molecule has 0 fully saturated rings. The Labute approximate surface area is 147 Å². The van der Waals surface area contributed by atoms with E-state index in [0.29, 0.717) is 5.75 Å². The molecule has 25 heavy (non-hydrogen) atoms. The van der Waals surface area contributed by atoms with Crippen LogP contribution in [0.5, 0.6) is 5.75 Å². The third kappa shape index (κ3) is 3.32. The average molecular weight is 328 g/mol. The van der Waals surface area contributed by atoms with Gasteiger partial charge in [0.1, 0.15) is 11.9 Å². The predicted octanol–water partition coefficient (Wildman–Crippen LogP) is 4.61. The minimum absolute atomic E-state index is 0.0131. The van der Waals surface area contributed by atoms with Crippen LogP contribution in [0.1, 0.15) is 35.3 Å². The van der Waals surface area contributed by atoms with Crippen LogP contribution in [-0.2, 0) is 0 Å². The fraction of sp³-hybridized carbons (Fsp3) is 0.136. The summed E-state index contributed by atoms with van der Waals surface area (Å²) in [7, 11) is 0. The smallest absolute Gasteiger partial charge is 0.126 e. The van der Waals surface area contributed by atoms with Gasteiger partial charge in [0.05, 0.1) is 0 Å². The number of para-hydroxylation sites is 1. The van der Waals surface area contributed by atoms with Crippen molar-refractivity contribution >= 4 is 5.71 Å². The van der Waals surface area contributed by atoms with E-state index in [-0.39, 0.29) is 12.2 Å². The fourth-order valence-corrected chi connectivity index (χ4v) is 3.30. The van der Waals surface area contributed by atoms with E-state index >= 15 is 0 Å². The Morgan fingerprint density at radius 2 is 1.44 bits per heavy atom. The first-order chi connectivity index (χ1) is 12.3. The molecule has 0 spiro atoms. The molecule has 0 saturated carbocycles. The zero-order chi connectivity index (χ0) is 17.1. The highest BCUT2D eigenvalue weighted by molar-refractivity contribution is 6.01. The summed E-state index contributed by atoms with van der Waals surface area (Å²) in [5, 5.41) is 13.9. The van der Waals surface area contributed by atoms with Crippen molar-refractivity contribution in [2.24, 2.45) is 4.99 Å². The molecule has 2 atom stereocenters. The van der Waals surface area contributed by atoms with Crippen LogP contribution in [-0.4, -0.2) is 10.8 Å². The summed E-state index contributed by atoms with van der Waals surface area (Å²) in [6.07, 6.45) is 0.611. The Hall–Kier alpha value is -2.91. The summed E-state index contributed by atoms with van der Waals surface area (Å²) in [6.45, 7) is 0. The van der Waals surface area contributed by atoms with E-state index in [4.69, 9.17) is 4.99 Å². The second-order valence-corrected chi connectivity index (χ2v) is 6.24. The Kier molecular flexibility index (Phi) is 4.32. The Morgan fingerprint density at radius 1 is 0.800 bits per heavy atom. The number of nitrogens with zero attached hydrogens (tertiary/aromatic N) is 1. The van der Waals surface area contributed by atoms with Gasteiger partial charge in [0, 0.05) is 23.7 Å². The topological polar surface area (TPSA) is 44.6 Å². The zero-order valence-corrected chi connectivity index (χ0v) is 13.8. The van der Waals surface area contributed by atoms with Crippen molar-refractivity contribution in [2.45, 2.75) is 18.6 Å². The van der Waals surface area contributed by atoms with Gasteiger partial charge in [-0.25, -0.2) is 0 Å². The molecule has 3 heteroatoms. The average Bonchev–Trinajstić information content (AvgIpc) is 2.69. The van der Waals surface area contributed by atoms with Crippen LogP contribution >= 0.6 is 0 Å². The molecular weight excluding hydrogens is 308 g/mol. The number of hydrogen-bond acceptors (Lipinski definition) is 3. The first-order valence-electron chi connectivity index (χ1n) is 8.52. The van der Waals surface area contributed by atoms with Crippen molar-refractivity contribution in [3.05, 3.63) is 102 Å². The molecule has 0 amide bonds. The molecule has 0 radical (unpaired) electrons. The molecule has 0 unspecified atom stereocenters. The molecule has 1 heterocycles. The highest BCUT2D eigenvalue weighted by Gasteiger charge is 2.27. The van der Waals surface area contributed by atoms with E-state index in [1.165, 1.54) is 0 Å². The quantitative estimate of drug-likeness (QED) is 0.737. The van der Waals surface area contributed by atoms with Crippen molar-refractivity contribution in [3.8, 4) is 5.75 Å². The molecule has 1 aliphatic rings. The predicted molar refractivity (Wildman–Crippen MR) is 101 cm³/mol. The van der Waals surface area contributed by atoms with Crippen LogP contribution in [0.3, 0.4) is 0 Å².